The van der Waals surface area contributed by atoms with Crippen molar-refractivity contribution in [3.05, 3.63) is 65.3 Å². The lowest BCUT2D eigenvalue weighted by atomic mass is 10.3. The summed E-state index contributed by atoms with van der Waals surface area (Å²) in [5.41, 5.74) is 1.22. The van der Waals surface area contributed by atoms with Gasteiger partial charge in [0.1, 0.15) is 0 Å². The van der Waals surface area contributed by atoms with E-state index in [0.717, 1.165) is 0 Å². The third-order valence-electron chi connectivity index (χ3n) is 4.04. The van der Waals surface area contributed by atoms with Crippen LogP contribution >= 0.6 is 11.6 Å². The summed E-state index contributed by atoms with van der Waals surface area (Å²) in [6.07, 6.45) is 0. The van der Waals surface area contributed by atoms with Gasteiger partial charge in [-0.25, -0.2) is 13.2 Å². The summed E-state index contributed by atoms with van der Waals surface area (Å²) in [5, 5.41) is 5.84. The lowest BCUT2D eigenvalue weighted by Crippen LogP contribution is -2.19. The maximum Gasteiger partial charge on any atom is 0.323 e. The van der Waals surface area contributed by atoms with Crippen molar-refractivity contribution in [1.29, 1.82) is 0 Å². The zero-order chi connectivity index (χ0) is 22.4. The molecule has 3 aromatic rings. The number of methoxy groups -OCH3 is 2. The minimum atomic E-state index is -3.70. The molecule has 0 saturated heterocycles. The van der Waals surface area contributed by atoms with Gasteiger partial charge in [0.25, 0.3) is 0 Å². The van der Waals surface area contributed by atoms with Crippen molar-refractivity contribution in [2.24, 2.45) is 0 Å². The highest BCUT2D eigenvalue weighted by molar-refractivity contribution is 7.90. The van der Waals surface area contributed by atoms with Crippen LogP contribution in [0.4, 0.5) is 16.2 Å². The Balaban J connectivity index is 1.68. The van der Waals surface area contributed by atoms with Crippen molar-refractivity contribution in [2.45, 2.75) is 10.6 Å². The number of ether oxygens (including phenoxy) is 2. The second-order valence-corrected chi connectivity index (χ2v) is 8.68. The smallest absolute Gasteiger partial charge is 0.323 e. The summed E-state index contributed by atoms with van der Waals surface area (Å²) in [6.45, 7) is 0. The van der Waals surface area contributed by atoms with Gasteiger partial charge in [-0.2, -0.15) is 9.97 Å². The van der Waals surface area contributed by atoms with Crippen LogP contribution in [-0.4, -0.2) is 38.6 Å². The molecular formula is C20H19ClN4O5S. The zero-order valence-corrected chi connectivity index (χ0v) is 18.2. The minimum Gasteiger partial charge on any atom is -0.481 e. The van der Waals surface area contributed by atoms with Gasteiger partial charge in [0.05, 0.1) is 30.6 Å². The van der Waals surface area contributed by atoms with Crippen LogP contribution in [0, 0.1) is 0 Å². The highest BCUT2D eigenvalue weighted by Gasteiger charge is 2.18. The molecule has 0 bridgehead atoms. The fourth-order valence-corrected chi connectivity index (χ4v) is 3.95. The molecule has 2 aromatic carbocycles. The lowest BCUT2D eigenvalue weighted by molar-refractivity contribution is 0.262. The predicted molar refractivity (Wildman–Crippen MR) is 117 cm³/mol. The van der Waals surface area contributed by atoms with Crippen LogP contribution < -0.4 is 20.1 Å². The largest absolute Gasteiger partial charge is 0.481 e. The average molecular weight is 463 g/mol. The molecule has 31 heavy (non-hydrogen) atoms. The highest BCUT2D eigenvalue weighted by atomic mass is 35.5. The molecule has 0 atom stereocenters. The Morgan fingerprint density at radius 2 is 1.52 bits per heavy atom. The van der Waals surface area contributed by atoms with E-state index in [1.807, 2.05) is 0 Å². The Bertz CT molecular complexity index is 1150. The van der Waals surface area contributed by atoms with E-state index in [1.165, 1.54) is 44.6 Å². The number of carbonyl (C=O) groups excluding carboxylic acids is 1. The van der Waals surface area contributed by atoms with Gasteiger partial charge in [0.15, 0.2) is 9.84 Å². The molecule has 0 radical (unpaired) electrons. The molecule has 1 aromatic heterocycles. The molecule has 162 valence electrons. The average Bonchev–Trinajstić information content (AvgIpc) is 2.75. The first-order chi connectivity index (χ1) is 14.8. The van der Waals surface area contributed by atoms with Crippen molar-refractivity contribution < 1.29 is 22.7 Å². The molecule has 0 unspecified atom stereocenters. The molecule has 0 aliphatic rings. The number of hydrogen-bond donors (Lipinski definition) is 2. The van der Waals surface area contributed by atoms with Gasteiger partial charge in [-0.15, -0.1) is 0 Å². The topological polar surface area (TPSA) is 120 Å². The molecule has 1 heterocycles. The molecule has 2 amide bonds. The number of hydrogen-bond acceptors (Lipinski definition) is 7. The molecule has 11 heteroatoms. The van der Waals surface area contributed by atoms with Crippen LogP contribution in [0.5, 0.6) is 11.9 Å². The summed E-state index contributed by atoms with van der Waals surface area (Å²) >= 11 is 5.81. The standard InChI is InChI=1S/C20H19ClN4O5S/c1-29-18-11-16(24-20(25-18)30-2)12-31(27,28)17-9-7-15(8-10-17)23-19(26)22-14-5-3-13(21)4-6-14/h3-11H,12H2,1-2H3,(H2,22,23,26). The molecule has 3 rings (SSSR count). The minimum absolute atomic E-state index is 0.01000. The van der Waals surface area contributed by atoms with E-state index in [9.17, 15) is 13.2 Å². The van der Waals surface area contributed by atoms with E-state index < -0.39 is 15.9 Å². The molecule has 0 aliphatic heterocycles. The highest BCUT2D eigenvalue weighted by Crippen LogP contribution is 2.21. The zero-order valence-electron chi connectivity index (χ0n) is 16.6. The van der Waals surface area contributed by atoms with Gasteiger partial charge in [-0.05, 0) is 48.5 Å². The summed E-state index contributed by atoms with van der Waals surface area (Å²) < 4.78 is 35.5. The van der Waals surface area contributed by atoms with Crippen molar-refractivity contribution in [1.82, 2.24) is 9.97 Å². The second-order valence-electron chi connectivity index (χ2n) is 6.26. The van der Waals surface area contributed by atoms with Gasteiger partial charge < -0.3 is 20.1 Å². The maximum absolute atomic E-state index is 12.8. The molecule has 0 aliphatic carbocycles. The van der Waals surface area contributed by atoms with Crippen LogP contribution in [0.3, 0.4) is 0 Å². The van der Waals surface area contributed by atoms with Gasteiger partial charge in [0.2, 0.25) is 5.88 Å². The first-order valence-electron chi connectivity index (χ1n) is 8.91. The summed E-state index contributed by atoms with van der Waals surface area (Å²) in [7, 11) is -0.915. The van der Waals surface area contributed by atoms with E-state index in [2.05, 4.69) is 20.6 Å². The Morgan fingerprint density at radius 1 is 0.935 bits per heavy atom. The number of nitrogens with one attached hydrogen (secondary N) is 2. The van der Waals surface area contributed by atoms with E-state index in [0.29, 0.717) is 16.4 Å². The summed E-state index contributed by atoms with van der Waals surface area (Å²) in [5.74, 6) is -0.171. The maximum atomic E-state index is 12.8. The quantitative estimate of drug-likeness (QED) is 0.548. The van der Waals surface area contributed by atoms with Crippen molar-refractivity contribution in [3.8, 4) is 11.9 Å². The third kappa shape index (κ3) is 6.06. The van der Waals surface area contributed by atoms with Gasteiger partial charge in [0, 0.05) is 22.5 Å². The normalized spacial score (nSPS) is 10.9. The molecular weight excluding hydrogens is 444 g/mol. The fraction of sp³-hybridized carbons (Fsp3) is 0.150. The molecule has 0 saturated carbocycles. The second kappa shape index (κ2) is 9.63. The molecule has 0 spiro atoms. The van der Waals surface area contributed by atoms with Crippen molar-refractivity contribution in [3.63, 3.8) is 0 Å². The number of aromatic nitrogens is 2. The van der Waals surface area contributed by atoms with E-state index >= 15 is 0 Å². The van der Waals surface area contributed by atoms with Crippen LogP contribution in [0.1, 0.15) is 5.69 Å². The molecule has 2 N–H and O–H groups in total. The predicted octanol–water partition coefficient (Wildman–Crippen LogP) is 3.77. The number of nitrogens with zero attached hydrogens (tertiary/aromatic N) is 2. The summed E-state index contributed by atoms with van der Waals surface area (Å²) in [6, 6.07) is 13.4. The number of urea groups is 1. The number of sulfone groups is 1. The fourth-order valence-electron chi connectivity index (χ4n) is 2.57. The van der Waals surface area contributed by atoms with Crippen LogP contribution in [0.2, 0.25) is 5.02 Å². The van der Waals surface area contributed by atoms with Gasteiger partial charge in [-0.3, -0.25) is 0 Å². The first-order valence-corrected chi connectivity index (χ1v) is 10.9. The first kappa shape index (κ1) is 22.3. The van der Waals surface area contributed by atoms with E-state index in [-0.39, 0.29) is 28.2 Å². The van der Waals surface area contributed by atoms with E-state index in [4.69, 9.17) is 21.1 Å². The number of carbonyl (C=O) groups is 1. The number of benzene rings is 2. The van der Waals surface area contributed by atoms with Crippen molar-refractivity contribution >= 4 is 38.8 Å². The van der Waals surface area contributed by atoms with Crippen molar-refractivity contribution in [2.75, 3.05) is 24.9 Å². The molecule has 9 nitrogen and oxygen atoms in total. The number of rotatable bonds is 7. The molecule has 0 fully saturated rings. The number of anilines is 2. The Kier molecular flexibility index (Phi) is 6.93. The van der Waals surface area contributed by atoms with Crippen LogP contribution in [-0.2, 0) is 15.6 Å². The summed E-state index contributed by atoms with van der Waals surface area (Å²) in [4.78, 5) is 20.2. The van der Waals surface area contributed by atoms with Gasteiger partial charge in [-0.1, -0.05) is 11.6 Å². The third-order valence-corrected chi connectivity index (χ3v) is 5.96. The number of amides is 2. The van der Waals surface area contributed by atoms with Crippen LogP contribution in [0.25, 0.3) is 0 Å². The number of halogens is 1. The monoisotopic (exact) mass is 462 g/mol. The Hall–Kier alpha value is -3.37. The Labute approximate surface area is 184 Å². The van der Waals surface area contributed by atoms with E-state index in [1.54, 1.807) is 24.3 Å². The lowest BCUT2D eigenvalue weighted by Gasteiger charge is -2.10. The van der Waals surface area contributed by atoms with Gasteiger partial charge >= 0.3 is 12.0 Å². The SMILES string of the molecule is COc1cc(CS(=O)(=O)c2ccc(NC(=O)Nc3ccc(Cl)cc3)cc2)nc(OC)n1. The Morgan fingerprint density at radius 3 is 2.06 bits per heavy atom. The van der Waals surface area contributed by atoms with Crippen LogP contribution in [0.15, 0.2) is 59.5 Å².